The van der Waals surface area contributed by atoms with Gasteiger partial charge in [-0.1, -0.05) is 212 Å². The van der Waals surface area contributed by atoms with Crippen LogP contribution in [0.3, 0.4) is 0 Å². The van der Waals surface area contributed by atoms with Gasteiger partial charge in [0.15, 0.2) is 0 Å². The molecular weight excluding hydrogens is 446 g/mol. The average Bonchev–Trinajstić information content (AvgIpc) is 2.89. The van der Waals surface area contributed by atoms with E-state index < -0.39 is 0 Å². The zero-order valence-corrected chi connectivity index (χ0v) is 26.5. The van der Waals surface area contributed by atoms with Crippen LogP contribution in [-0.2, 0) is 0 Å². The van der Waals surface area contributed by atoms with Crippen LogP contribution in [0, 0.1) is 0 Å². The van der Waals surface area contributed by atoms with E-state index in [0.29, 0.717) is 6.04 Å². The maximum absolute atomic E-state index is 5.81. The van der Waals surface area contributed by atoms with E-state index >= 15 is 0 Å². The van der Waals surface area contributed by atoms with E-state index in [9.17, 15) is 0 Å². The molecule has 0 aromatic heterocycles. The Morgan fingerprint density at radius 3 is 0.622 bits per heavy atom. The van der Waals surface area contributed by atoms with Crippen molar-refractivity contribution in [3.8, 4) is 0 Å². The van der Waals surface area contributed by atoms with Gasteiger partial charge in [-0.05, 0) is 13.3 Å². The average molecular weight is 522 g/mol. The summed E-state index contributed by atoms with van der Waals surface area (Å²) < 4.78 is 0. The van der Waals surface area contributed by atoms with E-state index in [1.54, 1.807) is 0 Å². The molecule has 0 spiro atoms. The summed E-state index contributed by atoms with van der Waals surface area (Å²) in [6.07, 6.45) is 48.2. The Bertz CT molecular complexity index is 377. The molecule has 0 rings (SSSR count). The van der Waals surface area contributed by atoms with Crippen LogP contribution >= 0.6 is 0 Å². The van der Waals surface area contributed by atoms with Crippen molar-refractivity contribution in [2.75, 3.05) is 0 Å². The first-order chi connectivity index (χ1) is 18.3. The van der Waals surface area contributed by atoms with Crippen molar-refractivity contribution in [2.45, 2.75) is 232 Å². The molecule has 0 aliphatic carbocycles. The first kappa shape index (κ1) is 37.0. The summed E-state index contributed by atoms with van der Waals surface area (Å²) in [7, 11) is 0. The van der Waals surface area contributed by atoms with Gasteiger partial charge in [0.1, 0.15) is 0 Å². The van der Waals surface area contributed by atoms with Crippen LogP contribution in [0.1, 0.15) is 226 Å². The Labute approximate surface area is 237 Å². The summed E-state index contributed by atoms with van der Waals surface area (Å²) in [4.78, 5) is 0. The van der Waals surface area contributed by atoms with Gasteiger partial charge in [-0.2, -0.15) is 0 Å². The highest BCUT2D eigenvalue weighted by Crippen LogP contribution is 2.17. The second kappa shape index (κ2) is 34.0. The first-order valence-corrected chi connectivity index (χ1v) is 18.0. The summed E-state index contributed by atoms with van der Waals surface area (Å²) in [5.74, 6) is 0. The molecule has 0 bridgehead atoms. The highest BCUT2D eigenvalue weighted by atomic mass is 14.6. The van der Waals surface area contributed by atoms with Crippen molar-refractivity contribution >= 4 is 0 Å². The molecule has 1 nitrogen and oxygen atoms in total. The second-order valence-electron chi connectivity index (χ2n) is 12.7. The summed E-state index contributed by atoms with van der Waals surface area (Å²) in [6.45, 7) is 4.43. The van der Waals surface area contributed by atoms with Crippen molar-refractivity contribution in [3.05, 3.63) is 0 Å². The molecule has 0 aliphatic rings. The standard InChI is InChI=1S/C36H75N/c1-3-4-5-6-7-8-9-10-11-12-13-14-15-16-17-18-19-20-21-22-23-24-25-26-27-28-29-30-31-32-33-34-35-36(2)37/h36H,3-35,37H2,1-2H3. The van der Waals surface area contributed by atoms with E-state index in [1.165, 1.54) is 212 Å². The van der Waals surface area contributed by atoms with Crippen LogP contribution < -0.4 is 5.73 Å². The van der Waals surface area contributed by atoms with Gasteiger partial charge in [0, 0.05) is 6.04 Å². The summed E-state index contributed by atoms with van der Waals surface area (Å²) >= 11 is 0. The summed E-state index contributed by atoms with van der Waals surface area (Å²) in [5, 5.41) is 0. The highest BCUT2D eigenvalue weighted by molar-refractivity contribution is 4.55. The van der Waals surface area contributed by atoms with Crippen molar-refractivity contribution in [1.29, 1.82) is 0 Å². The zero-order chi connectivity index (χ0) is 26.9. The lowest BCUT2D eigenvalue weighted by molar-refractivity contribution is 0.510. The fraction of sp³-hybridized carbons (Fsp3) is 1.00. The maximum atomic E-state index is 5.81. The van der Waals surface area contributed by atoms with Gasteiger partial charge in [-0.3, -0.25) is 0 Å². The van der Waals surface area contributed by atoms with Crippen molar-refractivity contribution in [2.24, 2.45) is 5.73 Å². The maximum Gasteiger partial charge on any atom is 0.00104 e. The Morgan fingerprint density at radius 2 is 0.459 bits per heavy atom. The van der Waals surface area contributed by atoms with Crippen molar-refractivity contribution < 1.29 is 0 Å². The van der Waals surface area contributed by atoms with E-state index in [0.717, 1.165) is 0 Å². The molecule has 1 atom stereocenters. The molecule has 0 radical (unpaired) electrons. The number of rotatable bonds is 33. The highest BCUT2D eigenvalue weighted by Gasteiger charge is 1.98. The van der Waals surface area contributed by atoms with Gasteiger partial charge in [0.25, 0.3) is 0 Å². The normalized spacial score (nSPS) is 12.4. The largest absolute Gasteiger partial charge is 0.328 e. The minimum atomic E-state index is 0.397. The Kier molecular flexibility index (Phi) is 34.0. The molecule has 1 unspecified atom stereocenters. The van der Waals surface area contributed by atoms with E-state index in [4.69, 9.17) is 5.73 Å². The van der Waals surface area contributed by atoms with Crippen molar-refractivity contribution in [1.82, 2.24) is 0 Å². The molecule has 2 N–H and O–H groups in total. The Hall–Kier alpha value is -0.0400. The monoisotopic (exact) mass is 522 g/mol. The quantitative estimate of drug-likeness (QED) is 0.0853. The number of hydrogen-bond donors (Lipinski definition) is 1. The molecule has 0 aromatic carbocycles. The summed E-state index contributed by atoms with van der Waals surface area (Å²) in [6, 6.07) is 0.397. The molecule has 0 saturated carbocycles. The minimum Gasteiger partial charge on any atom is -0.328 e. The fourth-order valence-electron chi connectivity index (χ4n) is 5.84. The van der Waals surface area contributed by atoms with Crippen LogP contribution in [0.2, 0.25) is 0 Å². The minimum absolute atomic E-state index is 0.397. The topological polar surface area (TPSA) is 26.0 Å². The number of nitrogens with two attached hydrogens (primary N) is 1. The fourth-order valence-corrected chi connectivity index (χ4v) is 5.84. The lowest BCUT2D eigenvalue weighted by Crippen LogP contribution is -2.13. The number of unbranched alkanes of at least 4 members (excludes halogenated alkanes) is 31. The van der Waals surface area contributed by atoms with Crippen LogP contribution in [0.15, 0.2) is 0 Å². The first-order valence-electron chi connectivity index (χ1n) is 18.0. The second-order valence-corrected chi connectivity index (χ2v) is 12.7. The van der Waals surface area contributed by atoms with Gasteiger partial charge in [-0.15, -0.1) is 0 Å². The molecule has 0 heterocycles. The van der Waals surface area contributed by atoms with Crippen LogP contribution in [0.25, 0.3) is 0 Å². The third-order valence-electron chi connectivity index (χ3n) is 8.51. The molecule has 37 heavy (non-hydrogen) atoms. The molecule has 0 aliphatic heterocycles. The zero-order valence-electron chi connectivity index (χ0n) is 26.5. The lowest BCUT2D eigenvalue weighted by atomic mass is 10.0. The SMILES string of the molecule is CCCCCCCCCCCCCCCCCCCCCCCCCCCCCCCCCCC(C)N. The van der Waals surface area contributed by atoms with Gasteiger partial charge in [0.05, 0.1) is 0 Å². The smallest absolute Gasteiger partial charge is 0.00104 e. The molecule has 1 heteroatoms. The van der Waals surface area contributed by atoms with E-state index in [2.05, 4.69) is 13.8 Å². The summed E-state index contributed by atoms with van der Waals surface area (Å²) in [5.41, 5.74) is 5.81. The van der Waals surface area contributed by atoms with E-state index in [-0.39, 0.29) is 0 Å². The Morgan fingerprint density at radius 1 is 0.297 bits per heavy atom. The molecule has 0 aromatic rings. The predicted molar refractivity (Wildman–Crippen MR) is 172 cm³/mol. The van der Waals surface area contributed by atoms with E-state index in [1.807, 2.05) is 0 Å². The third-order valence-corrected chi connectivity index (χ3v) is 8.51. The lowest BCUT2D eigenvalue weighted by Gasteiger charge is -2.05. The third kappa shape index (κ3) is 36.0. The predicted octanol–water partition coefficient (Wildman–Crippen LogP) is 13.2. The van der Waals surface area contributed by atoms with Gasteiger partial charge >= 0.3 is 0 Å². The number of hydrogen-bond acceptors (Lipinski definition) is 1. The van der Waals surface area contributed by atoms with Gasteiger partial charge in [0.2, 0.25) is 0 Å². The van der Waals surface area contributed by atoms with Gasteiger partial charge in [-0.25, -0.2) is 0 Å². The van der Waals surface area contributed by atoms with Crippen LogP contribution in [0.4, 0.5) is 0 Å². The van der Waals surface area contributed by atoms with Crippen LogP contribution in [-0.4, -0.2) is 6.04 Å². The molecule has 224 valence electrons. The molecule has 0 fully saturated rings. The molecular formula is C36H75N. The molecule has 0 amide bonds. The molecule has 0 saturated heterocycles. The van der Waals surface area contributed by atoms with Crippen LogP contribution in [0.5, 0.6) is 0 Å². The van der Waals surface area contributed by atoms with Crippen molar-refractivity contribution in [3.63, 3.8) is 0 Å². The van der Waals surface area contributed by atoms with Gasteiger partial charge < -0.3 is 5.73 Å². The Balaban J connectivity index is 3.01.